The molecule has 24 heavy (non-hydrogen) atoms. The van der Waals surface area contributed by atoms with Crippen molar-refractivity contribution in [1.29, 1.82) is 0 Å². The van der Waals surface area contributed by atoms with Gasteiger partial charge in [-0.25, -0.2) is 4.79 Å². The van der Waals surface area contributed by atoms with Gasteiger partial charge in [-0.2, -0.15) is 0 Å². The zero-order valence-electron chi connectivity index (χ0n) is 13.5. The molecule has 130 valence electrons. The zero-order valence-corrected chi connectivity index (χ0v) is 15.0. The number of ether oxygens (including phenoxy) is 1. The van der Waals surface area contributed by atoms with E-state index >= 15 is 0 Å². The van der Waals surface area contributed by atoms with E-state index in [2.05, 4.69) is 27.8 Å². The van der Waals surface area contributed by atoms with E-state index in [9.17, 15) is 14.7 Å². The van der Waals surface area contributed by atoms with Crippen molar-refractivity contribution in [3.05, 3.63) is 47.0 Å². The van der Waals surface area contributed by atoms with Crippen molar-refractivity contribution in [1.82, 2.24) is 5.32 Å². The molecule has 0 radical (unpaired) electrons. The third-order valence-electron chi connectivity index (χ3n) is 4.44. The standard InChI is InChI=1S/C18H22BrNO4/c1-2-3-4-15(16(21)22)20-17(23)18(9-11-24-12-10-18)13-5-7-14(19)8-6-13/h2,5-8,15H,1,3-4,9-12H2,(H,20,23)(H,21,22). The summed E-state index contributed by atoms with van der Waals surface area (Å²) < 4.78 is 6.35. The zero-order chi connectivity index (χ0) is 17.6. The van der Waals surface area contributed by atoms with Crippen molar-refractivity contribution in [2.75, 3.05) is 13.2 Å². The SMILES string of the molecule is C=CCCC(NC(=O)C1(c2ccc(Br)cc2)CCOCC1)C(=O)O. The highest BCUT2D eigenvalue weighted by molar-refractivity contribution is 9.10. The van der Waals surface area contributed by atoms with Gasteiger partial charge in [-0.15, -0.1) is 6.58 Å². The minimum atomic E-state index is -1.02. The highest BCUT2D eigenvalue weighted by Crippen LogP contribution is 2.36. The van der Waals surface area contributed by atoms with Crippen LogP contribution in [-0.2, 0) is 19.7 Å². The summed E-state index contributed by atoms with van der Waals surface area (Å²) in [6.45, 7) is 4.56. The quantitative estimate of drug-likeness (QED) is 0.695. The smallest absolute Gasteiger partial charge is 0.326 e. The lowest BCUT2D eigenvalue weighted by Crippen LogP contribution is -2.52. The van der Waals surface area contributed by atoms with E-state index in [1.807, 2.05) is 24.3 Å². The third-order valence-corrected chi connectivity index (χ3v) is 4.97. The van der Waals surface area contributed by atoms with Gasteiger partial charge in [-0.3, -0.25) is 4.79 Å². The first-order chi connectivity index (χ1) is 11.5. The number of hydrogen-bond donors (Lipinski definition) is 2. The molecule has 2 rings (SSSR count). The summed E-state index contributed by atoms with van der Waals surface area (Å²) in [5, 5.41) is 12.1. The molecule has 1 atom stereocenters. The molecule has 0 aliphatic carbocycles. The van der Waals surface area contributed by atoms with E-state index in [0.29, 0.717) is 38.9 Å². The number of hydrogen-bond acceptors (Lipinski definition) is 3. The average molecular weight is 396 g/mol. The molecule has 0 spiro atoms. The Bertz CT molecular complexity index is 594. The summed E-state index contributed by atoms with van der Waals surface area (Å²) in [6.07, 6.45) is 3.59. The Morgan fingerprint density at radius 1 is 1.33 bits per heavy atom. The minimum absolute atomic E-state index is 0.246. The number of amides is 1. The van der Waals surface area contributed by atoms with Crippen molar-refractivity contribution >= 4 is 27.8 Å². The Hall–Kier alpha value is -1.66. The maximum atomic E-state index is 13.0. The number of carboxylic acid groups (broad SMARTS) is 1. The molecule has 1 fully saturated rings. The van der Waals surface area contributed by atoms with Gasteiger partial charge < -0.3 is 15.2 Å². The molecule has 2 N–H and O–H groups in total. The summed E-state index contributed by atoms with van der Waals surface area (Å²) in [5.74, 6) is -1.27. The number of carbonyl (C=O) groups excluding carboxylic acids is 1. The van der Waals surface area contributed by atoms with Crippen molar-refractivity contribution in [2.45, 2.75) is 37.1 Å². The van der Waals surface area contributed by atoms with Crippen molar-refractivity contribution < 1.29 is 19.4 Å². The first-order valence-corrected chi connectivity index (χ1v) is 8.77. The lowest BCUT2D eigenvalue weighted by atomic mass is 9.73. The molecular weight excluding hydrogens is 374 g/mol. The highest BCUT2D eigenvalue weighted by atomic mass is 79.9. The highest BCUT2D eigenvalue weighted by Gasteiger charge is 2.42. The van der Waals surface area contributed by atoms with E-state index in [1.165, 1.54) is 0 Å². The molecule has 5 nitrogen and oxygen atoms in total. The molecule has 1 aromatic rings. The van der Waals surface area contributed by atoms with Crippen LogP contribution < -0.4 is 5.32 Å². The lowest BCUT2D eigenvalue weighted by Gasteiger charge is -2.37. The van der Waals surface area contributed by atoms with Crippen molar-refractivity contribution in [3.8, 4) is 0 Å². The molecule has 1 unspecified atom stereocenters. The number of benzene rings is 1. The first-order valence-electron chi connectivity index (χ1n) is 7.98. The summed E-state index contributed by atoms with van der Waals surface area (Å²) in [5.41, 5.74) is 0.139. The molecule has 1 aromatic carbocycles. The molecule has 6 heteroatoms. The van der Waals surface area contributed by atoms with E-state index in [1.54, 1.807) is 6.08 Å². The van der Waals surface area contributed by atoms with Gasteiger partial charge >= 0.3 is 5.97 Å². The first kappa shape index (κ1) is 18.7. The van der Waals surface area contributed by atoms with Gasteiger partial charge in [0.05, 0.1) is 5.41 Å². The van der Waals surface area contributed by atoms with Crippen molar-refractivity contribution in [2.24, 2.45) is 0 Å². The molecule has 1 amide bonds. The van der Waals surface area contributed by atoms with Crippen LogP contribution in [0.1, 0.15) is 31.2 Å². The van der Waals surface area contributed by atoms with Crippen molar-refractivity contribution in [3.63, 3.8) is 0 Å². The van der Waals surface area contributed by atoms with E-state index in [-0.39, 0.29) is 5.91 Å². The fraction of sp³-hybridized carbons (Fsp3) is 0.444. The van der Waals surface area contributed by atoms with E-state index < -0.39 is 17.4 Å². The Kier molecular flexibility index (Phi) is 6.57. The number of carboxylic acids is 1. The van der Waals surface area contributed by atoms with Gasteiger partial charge in [0.25, 0.3) is 0 Å². The van der Waals surface area contributed by atoms with Gasteiger partial charge in [0, 0.05) is 17.7 Å². The Morgan fingerprint density at radius 2 is 1.96 bits per heavy atom. The normalized spacial score (nSPS) is 17.7. The molecule has 1 heterocycles. The number of nitrogens with one attached hydrogen (secondary N) is 1. The van der Waals surface area contributed by atoms with Crippen LogP contribution in [0, 0.1) is 0 Å². The molecule has 1 aliphatic rings. The van der Waals surface area contributed by atoms with Gasteiger partial charge in [0.2, 0.25) is 5.91 Å². The molecule has 1 aliphatic heterocycles. The van der Waals surface area contributed by atoms with Gasteiger partial charge in [-0.1, -0.05) is 34.1 Å². The fourth-order valence-electron chi connectivity index (χ4n) is 2.97. The predicted molar refractivity (Wildman–Crippen MR) is 94.9 cm³/mol. The Labute approximate surface area is 150 Å². The Balaban J connectivity index is 2.26. The van der Waals surface area contributed by atoms with Gasteiger partial charge in [0.15, 0.2) is 0 Å². The summed E-state index contributed by atoms with van der Waals surface area (Å²) in [7, 11) is 0. The van der Waals surface area contributed by atoms with Gasteiger partial charge in [0.1, 0.15) is 6.04 Å². The third kappa shape index (κ3) is 4.24. The second-order valence-corrected chi connectivity index (χ2v) is 6.85. The van der Waals surface area contributed by atoms with Crippen LogP contribution in [-0.4, -0.2) is 36.2 Å². The maximum absolute atomic E-state index is 13.0. The fourth-order valence-corrected chi connectivity index (χ4v) is 3.24. The van der Waals surface area contributed by atoms with Gasteiger partial charge in [-0.05, 0) is 43.4 Å². The number of aliphatic carboxylic acids is 1. The summed E-state index contributed by atoms with van der Waals surface area (Å²) in [6, 6.07) is 6.70. The minimum Gasteiger partial charge on any atom is -0.480 e. The second-order valence-electron chi connectivity index (χ2n) is 5.93. The monoisotopic (exact) mass is 395 g/mol. The maximum Gasteiger partial charge on any atom is 0.326 e. The molecule has 0 saturated carbocycles. The number of halogens is 1. The van der Waals surface area contributed by atoms with Crippen LogP contribution in [0.15, 0.2) is 41.4 Å². The summed E-state index contributed by atoms with van der Waals surface area (Å²) in [4.78, 5) is 24.4. The number of allylic oxidation sites excluding steroid dienone is 1. The second kappa shape index (κ2) is 8.44. The lowest BCUT2D eigenvalue weighted by molar-refractivity contribution is -0.143. The summed E-state index contributed by atoms with van der Waals surface area (Å²) >= 11 is 3.40. The largest absolute Gasteiger partial charge is 0.480 e. The van der Waals surface area contributed by atoms with Crippen LogP contribution in [0.3, 0.4) is 0 Å². The average Bonchev–Trinajstić information content (AvgIpc) is 2.59. The Morgan fingerprint density at radius 3 is 2.50 bits per heavy atom. The molecule has 0 bridgehead atoms. The number of rotatable bonds is 7. The molecule has 1 saturated heterocycles. The van der Waals surface area contributed by atoms with E-state index in [4.69, 9.17) is 4.74 Å². The molecular formula is C18H22BrNO4. The molecule has 0 aromatic heterocycles. The van der Waals surface area contributed by atoms with Crippen LogP contribution in [0.25, 0.3) is 0 Å². The predicted octanol–water partition coefficient (Wildman–Crippen LogP) is 3.03. The number of carbonyl (C=O) groups is 2. The van der Waals surface area contributed by atoms with E-state index in [0.717, 1.165) is 10.0 Å². The van der Waals surface area contributed by atoms with Crippen LogP contribution in [0.2, 0.25) is 0 Å². The van der Waals surface area contributed by atoms with Crippen LogP contribution >= 0.6 is 15.9 Å². The topological polar surface area (TPSA) is 75.6 Å². The van der Waals surface area contributed by atoms with Crippen LogP contribution in [0.4, 0.5) is 0 Å². The van der Waals surface area contributed by atoms with Crippen LogP contribution in [0.5, 0.6) is 0 Å².